The SMILES string of the molecule is C[Si](C)(C)[Si](CCCN)([Si](C)(C)C)[Si](C)(C)C. The van der Waals surface area contributed by atoms with E-state index >= 15 is 0 Å². The van der Waals surface area contributed by atoms with E-state index in [1.807, 2.05) is 0 Å². The summed E-state index contributed by atoms with van der Waals surface area (Å²) in [5.41, 5.74) is 5.83. The van der Waals surface area contributed by atoms with Crippen molar-refractivity contribution in [3.05, 3.63) is 0 Å². The van der Waals surface area contributed by atoms with Crippen LogP contribution in [0.1, 0.15) is 6.42 Å². The average molecular weight is 306 g/mol. The largest absolute Gasteiger partial charge is 0.330 e. The molecule has 0 amide bonds. The number of hydrogen-bond acceptors (Lipinski definition) is 1. The lowest BCUT2D eigenvalue weighted by molar-refractivity contribution is 0.922. The van der Waals surface area contributed by atoms with Crippen molar-refractivity contribution in [2.45, 2.75) is 71.4 Å². The third kappa shape index (κ3) is 3.43. The summed E-state index contributed by atoms with van der Waals surface area (Å²) in [6.07, 6.45) is 1.28. The summed E-state index contributed by atoms with van der Waals surface area (Å²) in [6.45, 7) is 23.7. The van der Waals surface area contributed by atoms with Gasteiger partial charge in [0.05, 0.1) is 0 Å². The van der Waals surface area contributed by atoms with Crippen LogP contribution in [0.25, 0.3) is 0 Å². The van der Waals surface area contributed by atoms with Gasteiger partial charge < -0.3 is 5.73 Å². The average Bonchev–Trinajstić information content (AvgIpc) is 1.96. The minimum Gasteiger partial charge on any atom is -0.330 e. The van der Waals surface area contributed by atoms with Crippen molar-refractivity contribution in [1.29, 1.82) is 0 Å². The smallest absolute Gasteiger partial charge is 0.0374 e. The van der Waals surface area contributed by atoms with Gasteiger partial charge in [-0.25, -0.2) is 0 Å². The van der Waals surface area contributed by atoms with Crippen molar-refractivity contribution in [3.8, 4) is 0 Å². The first-order valence-corrected chi connectivity index (χ1v) is 22.7. The predicted molar refractivity (Wildman–Crippen MR) is 94.3 cm³/mol. The van der Waals surface area contributed by atoms with Crippen LogP contribution in [0.2, 0.25) is 65.0 Å². The van der Waals surface area contributed by atoms with Crippen molar-refractivity contribution in [1.82, 2.24) is 0 Å². The molecule has 0 aliphatic heterocycles. The van der Waals surface area contributed by atoms with E-state index < -0.39 is 29.4 Å². The molecule has 0 unspecified atom stereocenters. The van der Waals surface area contributed by atoms with Gasteiger partial charge in [0.25, 0.3) is 0 Å². The molecule has 0 saturated carbocycles. The van der Waals surface area contributed by atoms with Crippen LogP contribution >= 0.6 is 0 Å². The molecule has 0 aliphatic carbocycles. The van der Waals surface area contributed by atoms with E-state index in [0.717, 1.165) is 6.54 Å². The normalized spacial score (nSPS) is 15.2. The number of hydrogen-bond donors (Lipinski definition) is 1. The Morgan fingerprint density at radius 2 is 0.941 bits per heavy atom. The van der Waals surface area contributed by atoms with Gasteiger partial charge in [0, 0.05) is 29.4 Å². The van der Waals surface area contributed by atoms with Gasteiger partial charge in [-0.3, -0.25) is 0 Å². The maximum absolute atomic E-state index is 5.83. The molecular weight excluding hydrogens is 270 g/mol. The third-order valence-electron chi connectivity index (χ3n) is 4.60. The molecule has 0 aliphatic rings. The molecular formula is C12H35NSi4. The lowest BCUT2D eigenvalue weighted by Gasteiger charge is -2.58. The summed E-state index contributed by atoms with van der Waals surface area (Å²) in [6, 6.07) is 1.53. The second-order valence-corrected chi connectivity index (χ2v) is 50.0. The van der Waals surface area contributed by atoms with Crippen molar-refractivity contribution in [2.75, 3.05) is 6.54 Å². The van der Waals surface area contributed by atoms with Crippen LogP contribution in [0, 0.1) is 0 Å². The highest BCUT2D eigenvalue weighted by Crippen LogP contribution is 2.40. The van der Waals surface area contributed by atoms with Crippen LogP contribution in [0.3, 0.4) is 0 Å². The molecule has 104 valence electrons. The lowest BCUT2D eigenvalue weighted by atomic mass is 10.5. The predicted octanol–water partition coefficient (Wildman–Crippen LogP) is 4.03. The van der Waals surface area contributed by atoms with E-state index in [-0.39, 0.29) is 0 Å². The van der Waals surface area contributed by atoms with Gasteiger partial charge in [-0.15, -0.1) is 0 Å². The minimum absolute atomic E-state index is 0.897. The Labute approximate surface area is 113 Å². The molecule has 0 aromatic heterocycles. The van der Waals surface area contributed by atoms with Crippen LogP contribution in [-0.2, 0) is 0 Å². The van der Waals surface area contributed by atoms with Gasteiger partial charge in [-0.1, -0.05) is 65.0 Å². The van der Waals surface area contributed by atoms with E-state index in [1.165, 1.54) is 12.5 Å². The summed E-state index contributed by atoms with van der Waals surface area (Å²) in [5.74, 6) is 0. The van der Waals surface area contributed by atoms with E-state index in [9.17, 15) is 0 Å². The van der Waals surface area contributed by atoms with Crippen molar-refractivity contribution in [2.24, 2.45) is 5.73 Å². The molecule has 1 nitrogen and oxygen atoms in total. The van der Waals surface area contributed by atoms with E-state index in [4.69, 9.17) is 5.73 Å². The quantitative estimate of drug-likeness (QED) is 0.737. The lowest BCUT2D eigenvalue weighted by Crippen LogP contribution is -2.82. The fourth-order valence-electron chi connectivity index (χ4n) is 4.87. The van der Waals surface area contributed by atoms with E-state index in [2.05, 4.69) is 58.9 Å². The number of rotatable bonds is 6. The Bertz CT molecular complexity index is 209. The maximum Gasteiger partial charge on any atom is 0.0374 e. The summed E-state index contributed by atoms with van der Waals surface area (Å²) in [7, 11) is -3.11. The Hall–Kier alpha value is 0.828. The Kier molecular flexibility index (Phi) is 5.71. The first kappa shape index (κ1) is 17.8. The van der Waals surface area contributed by atoms with Crippen molar-refractivity contribution >= 4 is 29.4 Å². The van der Waals surface area contributed by atoms with Gasteiger partial charge in [0.15, 0.2) is 0 Å². The van der Waals surface area contributed by atoms with Crippen LogP contribution in [0.4, 0.5) is 0 Å². The topological polar surface area (TPSA) is 26.0 Å². The first-order chi connectivity index (χ1) is 7.31. The van der Waals surface area contributed by atoms with Crippen LogP contribution in [0.15, 0.2) is 0 Å². The van der Waals surface area contributed by atoms with Crippen LogP contribution < -0.4 is 5.73 Å². The maximum atomic E-state index is 5.83. The molecule has 0 atom stereocenters. The zero-order valence-electron chi connectivity index (χ0n) is 13.7. The number of nitrogens with two attached hydrogens (primary N) is 1. The van der Waals surface area contributed by atoms with Gasteiger partial charge in [-0.2, -0.15) is 0 Å². The minimum atomic E-state index is -1.08. The first-order valence-electron chi connectivity index (χ1n) is 7.01. The zero-order chi connectivity index (χ0) is 14.1. The molecule has 0 heterocycles. The molecule has 2 N–H and O–H groups in total. The van der Waals surface area contributed by atoms with E-state index in [1.54, 1.807) is 0 Å². The summed E-state index contributed by atoms with van der Waals surface area (Å²) >= 11 is 0. The highest BCUT2D eigenvalue weighted by molar-refractivity contribution is 7.89. The zero-order valence-corrected chi connectivity index (χ0v) is 17.7. The fourth-order valence-corrected chi connectivity index (χ4v) is 104. The summed E-state index contributed by atoms with van der Waals surface area (Å²) in [5, 5.41) is 0. The summed E-state index contributed by atoms with van der Waals surface area (Å²) < 4.78 is 0. The van der Waals surface area contributed by atoms with Gasteiger partial charge >= 0.3 is 0 Å². The molecule has 5 heteroatoms. The second kappa shape index (κ2) is 5.44. The van der Waals surface area contributed by atoms with Crippen LogP contribution in [-0.4, -0.2) is 35.9 Å². The highest BCUT2D eigenvalue weighted by Gasteiger charge is 2.60. The molecule has 0 fully saturated rings. The molecule has 0 aromatic carbocycles. The second-order valence-electron chi connectivity index (χ2n) is 8.55. The van der Waals surface area contributed by atoms with Crippen molar-refractivity contribution < 1.29 is 0 Å². The Balaban J connectivity index is 5.75. The van der Waals surface area contributed by atoms with E-state index in [0.29, 0.717) is 0 Å². The van der Waals surface area contributed by atoms with Gasteiger partial charge in [-0.05, 0) is 13.0 Å². The fraction of sp³-hybridized carbons (Fsp3) is 1.00. The molecule has 17 heavy (non-hydrogen) atoms. The molecule has 0 rings (SSSR count). The third-order valence-corrected chi connectivity index (χ3v) is 79.2. The molecule has 0 radical (unpaired) electrons. The summed E-state index contributed by atoms with van der Waals surface area (Å²) in [4.78, 5) is 0. The monoisotopic (exact) mass is 305 g/mol. The molecule has 0 bridgehead atoms. The standard InChI is InChI=1S/C12H35NSi4/c1-14(2,3)17(12-10-11-13,15(4,5)6)16(7,8)9/h10-13H2,1-9H3. The molecule has 0 aromatic rings. The van der Waals surface area contributed by atoms with Gasteiger partial charge in [0.1, 0.15) is 0 Å². The van der Waals surface area contributed by atoms with Crippen LogP contribution in [0.5, 0.6) is 0 Å². The highest BCUT2D eigenvalue weighted by atomic mass is 29.9. The Morgan fingerprint density at radius 1 is 0.647 bits per heavy atom. The Morgan fingerprint density at radius 3 is 1.12 bits per heavy atom. The van der Waals surface area contributed by atoms with Gasteiger partial charge in [0.2, 0.25) is 0 Å². The molecule has 0 saturated heterocycles. The van der Waals surface area contributed by atoms with Crippen molar-refractivity contribution in [3.63, 3.8) is 0 Å². The molecule has 0 spiro atoms.